The molecule has 0 aliphatic heterocycles. The van der Waals surface area contributed by atoms with Gasteiger partial charge in [0.05, 0.1) is 5.69 Å². The molecule has 0 atom stereocenters. The molecule has 0 saturated heterocycles. The van der Waals surface area contributed by atoms with E-state index >= 15 is 0 Å². The quantitative estimate of drug-likeness (QED) is 0.662. The van der Waals surface area contributed by atoms with Gasteiger partial charge in [0, 0.05) is 18.6 Å². The van der Waals surface area contributed by atoms with Crippen molar-refractivity contribution in [1.29, 1.82) is 0 Å². The summed E-state index contributed by atoms with van der Waals surface area (Å²) in [7, 11) is 0. The normalized spacial score (nSPS) is 7.92. The molecule has 0 spiro atoms. The highest BCUT2D eigenvalue weighted by Gasteiger charge is 1.96. The Morgan fingerprint density at radius 2 is 1.54 bits per heavy atom. The Balaban J connectivity index is 0. The van der Waals surface area contributed by atoms with Gasteiger partial charge < -0.3 is 0 Å². The fourth-order valence-electron chi connectivity index (χ4n) is 0.609. The predicted molar refractivity (Wildman–Crippen MR) is 58.8 cm³/mol. The van der Waals surface area contributed by atoms with Gasteiger partial charge in [-0.2, -0.15) is 0 Å². The van der Waals surface area contributed by atoms with Crippen molar-refractivity contribution in [1.82, 2.24) is 9.97 Å². The van der Waals surface area contributed by atoms with Crippen molar-refractivity contribution in [3.05, 3.63) is 24.3 Å². The van der Waals surface area contributed by atoms with Crippen LogP contribution in [0.4, 0.5) is 0 Å². The highest BCUT2D eigenvalue weighted by Crippen LogP contribution is 2.06. The molecule has 1 aromatic heterocycles. The highest BCUT2D eigenvalue weighted by molar-refractivity contribution is 4.99. The van der Waals surface area contributed by atoms with Crippen molar-refractivity contribution >= 4 is 0 Å². The Labute approximate surface area is 82.4 Å². The van der Waals surface area contributed by atoms with Gasteiger partial charge in [-0.15, -0.1) is 0 Å². The number of hydrogen-bond acceptors (Lipinski definition) is 2. The van der Waals surface area contributed by atoms with Crippen LogP contribution in [-0.2, 0) is 0 Å². The molecule has 0 aliphatic rings. The first-order valence-corrected chi connectivity index (χ1v) is 5.06. The average Bonchev–Trinajstić information content (AvgIpc) is 2.25. The van der Waals surface area contributed by atoms with Crippen LogP contribution >= 0.6 is 0 Å². The number of nitrogens with zero attached hydrogens (tertiary/aromatic N) is 2. The molecular formula is C11H22N2. The van der Waals surface area contributed by atoms with E-state index in [0.717, 1.165) is 5.69 Å². The first kappa shape index (κ1) is 14.6. The minimum atomic E-state index is 0.485. The van der Waals surface area contributed by atoms with E-state index in [2.05, 4.69) is 23.8 Å². The van der Waals surface area contributed by atoms with Crippen LogP contribution in [0, 0.1) is 0 Å². The smallest absolute Gasteiger partial charge is 0.0612 e. The van der Waals surface area contributed by atoms with E-state index in [-0.39, 0.29) is 0 Å². The molecule has 0 aromatic carbocycles. The molecule has 0 unspecified atom stereocenters. The lowest BCUT2D eigenvalue weighted by Crippen LogP contribution is -1.91. The van der Waals surface area contributed by atoms with E-state index in [9.17, 15) is 0 Å². The summed E-state index contributed by atoms with van der Waals surface area (Å²) < 4.78 is 0. The third-order valence-corrected chi connectivity index (χ3v) is 1.17. The van der Waals surface area contributed by atoms with Crippen LogP contribution in [0.2, 0.25) is 0 Å². The molecule has 0 amide bonds. The molecule has 13 heavy (non-hydrogen) atoms. The number of rotatable bonds is 1. The lowest BCUT2D eigenvalue weighted by Gasteiger charge is -1.99. The zero-order valence-corrected chi connectivity index (χ0v) is 9.70. The standard InChI is InChI=1S/C7H10N2.2C2H6/c1-6(2)7-5-8-3-4-9-7;2*1-2/h3-6H,1-2H3;2*1-2H3. The highest BCUT2D eigenvalue weighted by atomic mass is 14.8. The van der Waals surface area contributed by atoms with Gasteiger partial charge in [0.2, 0.25) is 0 Å². The van der Waals surface area contributed by atoms with Crippen molar-refractivity contribution < 1.29 is 0 Å². The summed E-state index contributed by atoms with van der Waals surface area (Å²) in [4.78, 5) is 8.06. The van der Waals surface area contributed by atoms with Gasteiger partial charge in [-0.05, 0) is 5.92 Å². The van der Waals surface area contributed by atoms with Crippen molar-refractivity contribution in [2.45, 2.75) is 47.5 Å². The molecule has 1 rings (SSSR count). The van der Waals surface area contributed by atoms with E-state index < -0.39 is 0 Å². The van der Waals surface area contributed by atoms with Gasteiger partial charge in [0.15, 0.2) is 0 Å². The van der Waals surface area contributed by atoms with Gasteiger partial charge in [0.25, 0.3) is 0 Å². The second-order valence-corrected chi connectivity index (χ2v) is 2.28. The Hall–Kier alpha value is -0.920. The topological polar surface area (TPSA) is 25.8 Å². The summed E-state index contributed by atoms with van der Waals surface area (Å²) in [6, 6.07) is 0. The fraction of sp³-hybridized carbons (Fsp3) is 0.636. The third kappa shape index (κ3) is 7.44. The minimum absolute atomic E-state index is 0.485. The van der Waals surface area contributed by atoms with Crippen molar-refractivity contribution in [3.8, 4) is 0 Å². The van der Waals surface area contributed by atoms with Crippen LogP contribution < -0.4 is 0 Å². The van der Waals surface area contributed by atoms with E-state index in [0.29, 0.717) is 5.92 Å². The van der Waals surface area contributed by atoms with Crippen LogP contribution in [0.5, 0.6) is 0 Å². The lowest BCUT2D eigenvalue weighted by atomic mass is 10.1. The van der Waals surface area contributed by atoms with Crippen molar-refractivity contribution in [2.24, 2.45) is 0 Å². The second-order valence-electron chi connectivity index (χ2n) is 2.28. The van der Waals surface area contributed by atoms with Crippen LogP contribution in [0.25, 0.3) is 0 Å². The predicted octanol–water partition coefficient (Wildman–Crippen LogP) is 3.65. The van der Waals surface area contributed by atoms with Crippen LogP contribution in [0.15, 0.2) is 18.6 Å². The number of hydrogen-bond donors (Lipinski definition) is 0. The number of aromatic nitrogens is 2. The zero-order chi connectivity index (χ0) is 10.7. The molecule has 1 aromatic rings. The largest absolute Gasteiger partial charge is 0.261 e. The molecule has 0 aliphatic carbocycles. The van der Waals surface area contributed by atoms with Crippen LogP contribution in [0.1, 0.15) is 53.2 Å². The van der Waals surface area contributed by atoms with Gasteiger partial charge in [-0.25, -0.2) is 0 Å². The first-order valence-electron chi connectivity index (χ1n) is 5.06. The van der Waals surface area contributed by atoms with Gasteiger partial charge >= 0.3 is 0 Å². The zero-order valence-electron chi connectivity index (χ0n) is 9.70. The van der Waals surface area contributed by atoms with Gasteiger partial charge in [-0.3, -0.25) is 9.97 Å². The van der Waals surface area contributed by atoms with E-state index in [1.54, 1.807) is 18.6 Å². The first-order chi connectivity index (χ1) is 6.30. The van der Waals surface area contributed by atoms with Gasteiger partial charge in [-0.1, -0.05) is 41.5 Å². The lowest BCUT2D eigenvalue weighted by molar-refractivity contribution is 0.812. The Kier molecular flexibility index (Phi) is 12.4. The Bertz CT molecular complexity index is 171. The molecule has 2 nitrogen and oxygen atoms in total. The summed E-state index contributed by atoms with van der Waals surface area (Å²) in [6.07, 6.45) is 5.20. The summed E-state index contributed by atoms with van der Waals surface area (Å²) in [6.45, 7) is 12.2. The van der Waals surface area contributed by atoms with E-state index in [1.807, 2.05) is 27.7 Å². The summed E-state index contributed by atoms with van der Waals surface area (Å²) in [5, 5.41) is 0. The molecule has 0 fully saturated rings. The summed E-state index contributed by atoms with van der Waals surface area (Å²) in [5.41, 5.74) is 1.05. The summed E-state index contributed by atoms with van der Waals surface area (Å²) in [5.74, 6) is 0.485. The average molecular weight is 182 g/mol. The Morgan fingerprint density at radius 3 is 1.77 bits per heavy atom. The summed E-state index contributed by atoms with van der Waals surface area (Å²) >= 11 is 0. The van der Waals surface area contributed by atoms with E-state index in [4.69, 9.17) is 0 Å². The van der Waals surface area contributed by atoms with Crippen molar-refractivity contribution in [2.75, 3.05) is 0 Å². The maximum Gasteiger partial charge on any atom is 0.0612 e. The molecule has 0 radical (unpaired) electrons. The molecule has 76 valence electrons. The monoisotopic (exact) mass is 182 g/mol. The Morgan fingerprint density at radius 1 is 1.00 bits per heavy atom. The van der Waals surface area contributed by atoms with Crippen molar-refractivity contribution in [3.63, 3.8) is 0 Å². The molecule has 0 bridgehead atoms. The fourth-order valence-corrected chi connectivity index (χ4v) is 0.609. The second kappa shape index (κ2) is 11.1. The SMILES string of the molecule is CC.CC.CC(C)c1cnccn1. The maximum atomic E-state index is 4.12. The van der Waals surface area contributed by atoms with Crippen LogP contribution in [0.3, 0.4) is 0 Å². The molecular weight excluding hydrogens is 160 g/mol. The van der Waals surface area contributed by atoms with E-state index in [1.165, 1.54) is 0 Å². The maximum absolute atomic E-state index is 4.12. The molecule has 0 N–H and O–H groups in total. The molecule has 1 heterocycles. The molecule has 2 heteroatoms. The van der Waals surface area contributed by atoms with Gasteiger partial charge in [0.1, 0.15) is 0 Å². The van der Waals surface area contributed by atoms with Crippen LogP contribution in [-0.4, -0.2) is 9.97 Å². The third-order valence-electron chi connectivity index (χ3n) is 1.17. The minimum Gasteiger partial charge on any atom is -0.261 e. The molecule has 0 saturated carbocycles.